The molecule has 5 rings (SSSR count). The van der Waals surface area contributed by atoms with E-state index in [-0.39, 0.29) is 29.5 Å². The molecule has 172 valence electrons. The molecule has 0 radical (unpaired) electrons. The van der Waals surface area contributed by atoms with Crippen LogP contribution in [-0.4, -0.2) is 56.5 Å². The zero-order valence-electron chi connectivity index (χ0n) is 17.6. The predicted octanol–water partition coefficient (Wildman–Crippen LogP) is 3.56. The molecule has 1 amide bonds. The van der Waals surface area contributed by atoms with Gasteiger partial charge in [0.15, 0.2) is 0 Å². The highest BCUT2D eigenvalue weighted by atomic mass is 19.4. The van der Waals surface area contributed by atoms with Crippen molar-refractivity contribution in [3.05, 3.63) is 65.9 Å². The average molecular weight is 460 g/mol. The van der Waals surface area contributed by atoms with Gasteiger partial charge in [0, 0.05) is 19.8 Å². The number of aromatic nitrogens is 4. The van der Waals surface area contributed by atoms with E-state index >= 15 is 0 Å². The number of nitrogens with zero attached hydrogens (tertiary/aromatic N) is 6. The molecule has 2 bridgehead atoms. The van der Waals surface area contributed by atoms with E-state index in [4.69, 9.17) is 0 Å². The second-order valence-corrected chi connectivity index (χ2v) is 8.42. The molecule has 0 unspecified atom stereocenters. The number of hydrogen-bond donors (Lipinski definition) is 0. The Hall–Kier alpha value is -3.50. The molecule has 3 heterocycles. The first-order valence-electron chi connectivity index (χ1n) is 10.5. The topological polar surface area (TPSA) is 67.2 Å². The Morgan fingerprint density at radius 3 is 2.52 bits per heavy atom. The fraction of sp³-hybridized carbons (Fsp3) is 0.364. The van der Waals surface area contributed by atoms with Crippen LogP contribution < -0.4 is 4.90 Å². The number of alkyl halides is 3. The molecule has 2 aromatic heterocycles. The minimum Gasteiger partial charge on any atom is -0.355 e. The molecule has 2 aliphatic rings. The highest BCUT2D eigenvalue weighted by Crippen LogP contribution is 2.42. The second kappa shape index (κ2) is 7.82. The number of halogens is 4. The van der Waals surface area contributed by atoms with Crippen LogP contribution in [0.5, 0.6) is 0 Å². The SMILES string of the molecule is CN(c1ccc(C(F)(F)F)cn1)[C@@H]1C[C@@H]2C[C@@H]1N(C(=O)c1cc(F)ccc1-n1nccn1)C2. The summed E-state index contributed by atoms with van der Waals surface area (Å²) in [5.41, 5.74) is -0.272. The van der Waals surface area contributed by atoms with Gasteiger partial charge in [0.05, 0.1) is 41.3 Å². The van der Waals surface area contributed by atoms with Crippen LogP contribution in [0.3, 0.4) is 0 Å². The molecule has 7 nitrogen and oxygen atoms in total. The van der Waals surface area contributed by atoms with Gasteiger partial charge in [0.2, 0.25) is 0 Å². The van der Waals surface area contributed by atoms with Gasteiger partial charge in [0.25, 0.3) is 5.91 Å². The molecule has 3 aromatic rings. The predicted molar refractivity (Wildman–Crippen MR) is 110 cm³/mol. The fourth-order valence-corrected chi connectivity index (χ4v) is 4.92. The van der Waals surface area contributed by atoms with Crippen LogP contribution in [0.4, 0.5) is 23.4 Å². The van der Waals surface area contributed by atoms with Crippen LogP contribution in [-0.2, 0) is 6.18 Å². The molecular formula is C22H20F4N6O. The van der Waals surface area contributed by atoms with Crippen LogP contribution in [0.1, 0.15) is 28.8 Å². The highest BCUT2D eigenvalue weighted by Gasteiger charge is 2.49. The molecule has 11 heteroatoms. The van der Waals surface area contributed by atoms with E-state index in [2.05, 4.69) is 15.2 Å². The highest BCUT2D eigenvalue weighted by molar-refractivity contribution is 5.98. The van der Waals surface area contributed by atoms with E-state index in [1.807, 2.05) is 4.90 Å². The van der Waals surface area contributed by atoms with Gasteiger partial charge in [-0.1, -0.05) is 0 Å². The smallest absolute Gasteiger partial charge is 0.355 e. The van der Waals surface area contributed by atoms with Crippen molar-refractivity contribution in [3.8, 4) is 5.69 Å². The third-order valence-electron chi connectivity index (χ3n) is 6.47. The van der Waals surface area contributed by atoms with Gasteiger partial charge in [0.1, 0.15) is 11.6 Å². The summed E-state index contributed by atoms with van der Waals surface area (Å²) in [5, 5.41) is 8.11. The van der Waals surface area contributed by atoms with Gasteiger partial charge < -0.3 is 9.80 Å². The first kappa shape index (κ1) is 21.4. The Morgan fingerprint density at radius 2 is 1.88 bits per heavy atom. The summed E-state index contributed by atoms with van der Waals surface area (Å²) in [6.07, 6.45) is 0.870. The maximum absolute atomic E-state index is 14.0. The number of piperidine rings is 1. The number of rotatable bonds is 4. The summed E-state index contributed by atoms with van der Waals surface area (Å²) in [6, 6.07) is 5.96. The number of pyridine rings is 1. The summed E-state index contributed by atoms with van der Waals surface area (Å²) >= 11 is 0. The Morgan fingerprint density at radius 1 is 1.12 bits per heavy atom. The van der Waals surface area contributed by atoms with Crippen molar-refractivity contribution in [3.63, 3.8) is 0 Å². The number of amides is 1. The number of benzene rings is 1. The lowest BCUT2D eigenvalue weighted by Gasteiger charge is -2.39. The molecule has 2 fully saturated rings. The third-order valence-corrected chi connectivity index (χ3v) is 6.47. The zero-order chi connectivity index (χ0) is 23.3. The molecule has 1 saturated carbocycles. The molecule has 33 heavy (non-hydrogen) atoms. The average Bonchev–Trinajstić information content (AvgIpc) is 3.55. The van der Waals surface area contributed by atoms with Crippen molar-refractivity contribution in [2.75, 3.05) is 18.5 Å². The zero-order valence-corrected chi connectivity index (χ0v) is 17.6. The summed E-state index contributed by atoms with van der Waals surface area (Å²) < 4.78 is 52.7. The number of hydrogen-bond acceptors (Lipinski definition) is 5. The van der Waals surface area contributed by atoms with Crippen molar-refractivity contribution in [2.45, 2.75) is 31.1 Å². The van der Waals surface area contributed by atoms with Gasteiger partial charge in [-0.2, -0.15) is 28.2 Å². The number of fused-ring (bicyclic) bond motifs is 2. The Bertz CT molecular complexity index is 1160. The van der Waals surface area contributed by atoms with E-state index in [0.717, 1.165) is 25.1 Å². The van der Waals surface area contributed by atoms with Crippen LogP contribution in [0.2, 0.25) is 0 Å². The number of likely N-dealkylation sites (tertiary alicyclic amines) is 1. The molecular weight excluding hydrogens is 440 g/mol. The van der Waals surface area contributed by atoms with Crippen LogP contribution in [0, 0.1) is 11.7 Å². The van der Waals surface area contributed by atoms with Gasteiger partial charge >= 0.3 is 6.18 Å². The number of carbonyl (C=O) groups excluding carboxylic acids is 1. The fourth-order valence-electron chi connectivity index (χ4n) is 4.92. The Kier molecular flexibility index (Phi) is 5.06. The molecule has 1 saturated heterocycles. The number of carbonyl (C=O) groups is 1. The minimum atomic E-state index is -4.45. The van der Waals surface area contributed by atoms with Crippen molar-refractivity contribution < 1.29 is 22.4 Å². The first-order valence-corrected chi connectivity index (χ1v) is 10.5. The van der Waals surface area contributed by atoms with Crippen molar-refractivity contribution in [1.82, 2.24) is 24.9 Å². The monoisotopic (exact) mass is 460 g/mol. The standard InChI is InChI=1S/C22H20F4N6O/c1-30(20-5-2-14(11-27-20)22(24,25)26)18-8-13-9-19(18)31(12-13)21(33)16-10-15(23)3-4-17(16)32-28-6-7-29-32/h2-7,10-11,13,18-19H,8-9,12H2,1H3/t13-,18-,19+/m1/s1. The number of likely N-dealkylation sites (N-methyl/N-ethyl adjacent to an activating group) is 1. The second-order valence-electron chi connectivity index (χ2n) is 8.42. The van der Waals surface area contributed by atoms with Crippen molar-refractivity contribution in [2.24, 2.45) is 5.92 Å². The molecule has 3 atom stereocenters. The van der Waals surface area contributed by atoms with E-state index in [1.165, 1.54) is 41.5 Å². The maximum atomic E-state index is 14.0. The lowest BCUT2D eigenvalue weighted by atomic mass is 10.0. The van der Waals surface area contributed by atoms with Gasteiger partial charge in [-0.25, -0.2) is 9.37 Å². The summed E-state index contributed by atoms with van der Waals surface area (Å²) in [6.45, 7) is 0.538. The quantitative estimate of drug-likeness (QED) is 0.557. The van der Waals surface area contributed by atoms with E-state index in [0.29, 0.717) is 18.1 Å². The molecule has 1 aliphatic carbocycles. The Labute approximate surface area is 186 Å². The molecule has 1 aliphatic heterocycles. The summed E-state index contributed by atoms with van der Waals surface area (Å²) in [4.78, 5) is 22.3. The van der Waals surface area contributed by atoms with Crippen molar-refractivity contribution >= 4 is 11.7 Å². The largest absolute Gasteiger partial charge is 0.417 e. The third kappa shape index (κ3) is 3.81. The van der Waals surface area contributed by atoms with E-state index in [9.17, 15) is 22.4 Å². The van der Waals surface area contributed by atoms with Gasteiger partial charge in [-0.05, 0) is 49.1 Å². The lowest BCUT2D eigenvalue weighted by molar-refractivity contribution is -0.137. The number of anilines is 1. The molecule has 0 N–H and O–H groups in total. The lowest BCUT2D eigenvalue weighted by Crippen LogP contribution is -2.51. The van der Waals surface area contributed by atoms with Crippen LogP contribution >= 0.6 is 0 Å². The molecule has 0 spiro atoms. The Balaban J connectivity index is 1.40. The summed E-state index contributed by atoms with van der Waals surface area (Å²) in [7, 11) is 1.77. The van der Waals surface area contributed by atoms with Crippen LogP contribution in [0.25, 0.3) is 5.69 Å². The first-order chi connectivity index (χ1) is 15.7. The van der Waals surface area contributed by atoms with Crippen molar-refractivity contribution in [1.29, 1.82) is 0 Å². The van der Waals surface area contributed by atoms with E-state index in [1.54, 1.807) is 11.9 Å². The van der Waals surface area contributed by atoms with Gasteiger partial charge in [-0.3, -0.25) is 4.79 Å². The van der Waals surface area contributed by atoms with Gasteiger partial charge in [-0.15, -0.1) is 0 Å². The van der Waals surface area contributed by atoms with E-state index < -0.39 is 17.6 Å². The molecule has 1 aromatic carbocycles. The van der Waals surface area contributed by atoms with Crippen LogP contribution in [0.15, 0.2) is 48.9 Å². The normalized spacial score (nSPS) is 22.1. The summed E-state index contributed by atoms with van der Waals surface area (Å²) in [5.74, 6) is -0.213. The maximum Gasteiger partial charge on any atom is 0.417 e. The minimum absolute atomic E-state index is 0.114.